The first-order valence-electron chi connectivity index (χ1n) is 10.7. The van der Waals surface area contributed by atoms with Crippen LogP contribution >= 0.6 is 23.2 Å². The number of nitrogens with zero attached hydrogens (tertiary/aromatic N) is 1. The summed E-state index contributed by atoms with van der Waals surface area (Å²) in [6.45, 7) is -0.321. The van der Waals surface area contributed by atoms with E-state index in [0.29, 0.717) is 10.6 Å². The fraction of sp³-hybridized carbons (Fsp3) is 0.120. The SMILES string of the molecule is COc1cc(/C=N\NC(=O)C(=O)NCc2ccc(Cl)cc2)cc(Cl)c1OCC(=O)Nc1ccccc1F. The maximum absolute atomic E-state index is 13.7. The van der Waals surface area contributed by atoms with E-state index in [2.05, 4.69) is 21.2 Å². The summed E-state index contributed by atoms with van der Waals surface area (Å²) in [5, 5.41) is 9.25. The number of hydrogen-bond acceptors (Lipinski definition) is 6. The molecule has 0 spiro atoms. The minimum atomic E-state index is -0.968. The molecule has 3 aromatic rings. The molecule has 0 atom stereocenters. The van der Waals surface area contributed by atoms with E-state index in [9.17, 15) is 18.8 Å². The number of amides is 3. The molecule has 3 rings (SSSR count). The van der Waals surface area contributed by atoms with Gasteiger partial charge in [-0.1, -0.05) is 47.5 Å². The molecule has 3 N–H and O–H groups in total. The molecular weight excluding hydrogens is 526 g/mol. The molecule has 0 radical (unpaired) electrons. The number of carbonyl (C=O) groups is 3. The Morgan fingerprint density at radius 2 is 1.76 bits per heavy atom. The van der Waals surface area contributed by atoms with Crippen LogP contribution in [-0.4, -0.2) is 37.7 Å². The number of methoxy groups -OCH3 is 1. The Bertz CT molecular complexity index is 1320. The number of carbonyl (C=O) groups excluding carboxylic acids is 3. The maximum Gasteiger partial charge on any atom is 0.329 e. The number of para-hydroxylation sites is 1. The lowest BCUT2D eigenvalue weighted by Crippen LogP contribution is -2.37. The highest BCUT2D eigenvalue weighted by atomic mass is 35.5. The number of rotatable bonds is 9. The summed E-state index contributed by atoms with van der Waals surface area (Å²) in [5.74, 6) is -2.77. The van der Waals surface area contributed by atoms with Crippen molar-refractivity contribution in [2.45, 2.75) is 6.54 Å². The van der Waals surface area contributed by atoms with Crippen molar-refractivity contribution in [1.82, 2.24) is 10.7 Å². The van der Waals surface area contributed by atoms with Gasteiger partial charge in [0.15, 0.2) is 18.1 Å². The van der Waals surface area contributed by atoms with Crippen molar-refractivity contribution in [3.8, 4) is 11.5 Å². The number of halogens is 3. The van der Waals surface area contributed by atoms with Crippen molar-refractivity contribution in [3.63, 3.8) is 0 Å². The Hall–Kier alpha value is -4.15. The van der Waals surface area contributed by atoms with E-state index in [1.54, 1.807) is 30.3 Å². The summed E-state index contributed by atoms with van der Waals surface area (Å²) < 4.78 is 24.4. The van der Waals surface area contributed by atoms with Crippen LogP contribution in [0.2, 0.25) is 10.0 Å². The van der Waals surface area contributed by atoms with Gasteiger partial charge in [0.2, 0.25) is 0 Å². The van der Waals surface area contributed by atoms with E-state index in [4.69, 9.17) is 32.7 Å². The van der Waals surface area contributed by atoms with Crippen LogP contribution in [0.5, 0.6) is 11.5 Å². The third-order valence-corrected chi connectivity index (χ3v) is 5.23. The molecule has 192 valence electrons. The first-order valence-corrected chi connectivity index (χ1v) is 11.4. The average molecular weight is 547 g/mol. The zero-order chi connectivity index (χ0) is 26.8. The Balaban J connectivity index is 1.54. The van der Waals surface area contributed by atoms with Gasteiger partial charge in [0.05, 0.1) is 24.0 Å². The van der Waals surface area contributed by atoms with Gasteiger partial charge >= 0.3 is 11.8 Å². The number of hydrogen-bond donors (Lipinski definition) is 3. The van der Waals surface area contributed by atoms with Crippen molar-refractivity contribution in [3.05, 3.63) is 87.7 Å². The predicted octanol–water partition coefficient (Wildman–Crippen LogP) is 3.93. The molecule has 0 fully saturated rings. The molecule has 0 bridgehead atoms. The zero-order valence-corrected chi connectivity index (χ0v) is 20.9. The second-order valence-corrected chi connectivity index (χ2v) is 8.20. The van der Waals surface area contributed by atoms with Gasteiger partial charge < -0.3 is 20.1 Å². The molecule has 0 saturated heterocycles. The molecule has 3 aromatic carbocycles. The second-order valence-electron chi connectivity index (χ2n) is 7.36. The van der Waals surface area contributed by atoms with E-state index >= 15 is 0 Å². The molecule has 0 saturated carbocycles. The smallest absolute Gasteiger partial charge is 0.329 e. The van der Waals surface area contributed by atoms with Crippen LogP contribution in [0.4, 0.5) is 10.1 Å². The number of hydrazone groups is 1. The lowest BCUT2D eigenvalue weighted by molar-refractivity contribution is -0.139. The average Bonchev–Trinajstić information content (AvgIpc) is 2.88. The Labute approximate surface area is 221 Å². The fourth-order valence-corrected chi connectivity index (χ4v) is 3.32. The van der Waals surface area contributed by atoms with Crippen LogP contribution in [-0.2, 0) is 20.9 Å². The number of benzene rings is 3. The molecule has 37 heavy (non-hydrogen) atoms. The Morgan fingerprint density at radius 1 is 1.03 bits per heavy atom. The maximum atomic E-state index is 13.7. The molecule has 0 heterocycles. The zero-order valence-electron chi connectivity index (χ0n) is 19.4. The van der Waals surface area contributed by atoms with Gasteiger partial charge in [-0.2, -0.15) is 5.10 Å². The highest BCUT2D eigenvalue weighted by Gasteiger charge is 2.15. The normalized spacial score (nSPS) is 10.6. The topological polar surface area (TPSA) is 118 Å². The molecule has 12 heteroatoms. The summed E-state index contributed by atoms with van der Waals surface area (Å²) in [5.41, 5.74) is 3.31. The molecule has 0 aromatic heterocycles. The molecule has 0 unspecified atom stereocenters. The van der Waals surface area contributed by atoms with Crippen molar-refractivity contribution >= 4 is 52.8 Å². The van der Waals surface area contributed by atoms with Crippen LogP contribution in [0.25, 0.3) is 0 Å². The van der Waals surface area contributed by atoms with E-state index in [0.717, 1.165) is 5.56 Å². The molecule has 0 aliphatic carbocycles. The third kappa shape index (κ3) is 8.19. The minimum absolute atomic E-state index is 0.0152. The van der Waals surface area contributed by atoms with Gasteiger partial charge in [0.25, 0.3) is 5.91 Å². The summed E-state index contributed by atoms with van der Waals surface area (Å²) in [6, 6.07) is 15.4. The van der Waals surface area contributed by atoms with Crippen molar-refractivity contribution < 1.29 is 28.2 Å². The summed E-state index contributed by atoms with van der Waals surface area (Å²) >= 11 is 12.1. The first-order chi connectivity index (χ1) is 17.8. The van der Waals surface area contributed by atoms with Gasteiger partial charge in [0, 0.05) is 11.6 Å². The predicted molar refractivity (Wildman–Crippen MR) is 138 cm³/mol. The Kier molecular flexibility index (Phi) is 9.82. The standard InChI is InChI=1S/C25H21Cl2FN4O5/c1-36-21-11-16(13-30-32-25(35)24(34)29-12-15-6-8-17(26)9-7-15)10-18(27)23(21)37-14-22(33)31-20-5-3-2-4-19(20)28/h2-11,13H,12,14H2,1H3,(H,29,34)(H,31,33)(H,32,35)/b30-13-. The first kappa shape index (κ1) is 27.4. The Morgan fingerprint density at radius 3 is 2.46 bits per heavy atom. The number of anilines is 1. The van der Waals surface area contributed by atoms with Crippen LogP contribution in [0.3, 0.4) is 0 Å². The van der Waals surface area contributed by atoms with Crippen molar-refractivity contribution in [2.75, 3.05) is 19.0 Å². The van der Waals surface area contributed by atoms with Crippen molar-refractivity contribution in [1.29, 1.82) is 0 Å². The molecule has 9 nitrogen and oxygen atoms in total. The van der Waals surface area contributed by atoms with E-state index in [-0.39, 0.29) is 28.8 Å². The lowest BCUT2D eigenvalue weighted by Gasteiger charge is -2.13. The fourth-order valence-electron chi connectivity index (χ4n) is 2.92. The van der Waals surface area contributed by atoms with E-state index < -0.39 is 30.1 Å². The number of nitrogens with one attached hydrogen (secondary N) is 3. The van der Waals surface area contributed by atoms with Gasteiger partial charge in [-0.25, -0.2) is 9.82 Å². The molecular formula is C25H21Cl2FN4O5. The van der Waals surface area contributed by atoms with E-state index in [1.807, 2.05) is 0 Å². The van der Waals surface area contributed by atoms with Crippen molar-refractivity contribution in [2.24, 2.45) is 5.10 Å². The van der Waals surface area contributed by atoms with Crippen LogP contribution < -0.4 is 25.5 Å². The largest absolute Gasteiger partial charge is 0.493 e. The molecule has 0 aliphatic heterocycles. The molecule has 0 aliphatic rings. The highest BCUT2D eigenvalue weighted by Crippen LogP contribution is 2.36. The summed E-state index contributed by atoms with van der Waals surface area (Å²) in [6.07, 6.45) is 1.24. The van der Waals surface area contributed by atoms with Crippen LogP contribution in [0.15, 0.2) is 65.8 Å². The summed E-state index contributed by atoms with van der Waals surface area (Å²) in [7, 11) is 1.37. The van der Waals surface area contributed by atoms with E-state index in [1.165, 1.54) is 43.7 Å². The highest BCUT2D eigenvalue weighted by molar-refractivity contribution is 6.35. The van der Waals surface area contributed by atoms with Gasteiger partial charge in [-0.3, -0.25) is 14.4 Å². The van der Waals surface area contributed by atoms with Gasteiger partial charge in [-0.05, 0) is 47.5 Å². The van der Waals surface area contributed by atoms with Crippen LogP contribution in [0.1, 0.15) is 11.1 Å². The quantitative estimate of drug-likeness (QED) is 0.213. The second kappa shape index (κ2) is 13.2. The minimum Gasteiger partial charge on any atom is -0.493 e. The third-order valence-electron chi connectivity index (χ3n) is 4.70. The monoisotopic (exact) mass is 546 g/mol. The van der Waals surface area contributed by atoms with Crippen LogP contribution in [0, 0.1) is 5.82 Å². The lowest BCUT2D eigenvalue weighted by atomic mass is 10.2. The van der Waals surface area contributed by atoms with Gasteiger partial charge in [0.1, 0.15) is 5.82 Å². The molecule has 3 amide bonds. The number of ether oxygens (including phenoxy) is 2. The summed E-state index contributed by atoms with van der Waals surface area (Å²) in [4.78, 5) is 36.0. The van der Waals surface area contributed by atoms with Gasteiger partial charge in [-0.15, -0.1) is 0 Å².